The Morgan fingerprint density at radius 3 is 2.72 bits per heavy atom. The largest absolute Gasteiger partial charge is 0.414 e. The van der Waals surface area contributed by atoms with Gasteiger partial charge in [-0.3, -0.25) is 0 Å². The molecule has 1 heterocycles. The minimum atomic E-state index is -0.735. The van der Waals surface area contributed by atoms with Gasteiger partial charge in [-0.25, -0.2) is 9.78 Å². The molecule has 1 atom stereocenters. The zero-order chi connectivity index (χ0) is 13.7. The second kappa shape index (κ2) is 6.22. The summed E-state index contributed by atoms with van der Waals surface area (Å²) in [6.07, 6.45) is -0.00336. The van der Waals surface area contributed by atoms with Crippen LogP contribution in [0.2, 0.25) is 5.15 Å². The molecule has 1 aromatic rings. The number of nitrogen functional groups attached to an aromatic ring is 2. The summed E-state index contributed by atoms with van der Waals surface area (Å²) in [7, 11) is 0. The molecule has 7 N–H and O–H groups in total. The average molecular weight is 275 g/mol. The maximum absolute atomic E-state index is 11.4. The van der Waals surface area contributed by atoms with Crippen molar-refractivity contribution in [3.63, 3.8) is 0 Å². The maximum atomic E-state index is 11.4. The van der Waals surface area contributed by atoms with Gasteiger partial charge < -0.3 is 27.3 Å². The van der Waals surface area contributed by atoms with Gasteiger partial charge in [0.25, 0.3) is 5.88 Å². The summed E-state index contributed by atoms with van der Waals surface area (Å²) in [6.45, 7) is 2.19. The van der Waals surface area contributed by atoms with Crippen molar-refractivity contribution in [2.24, 2.45) is 5.73 Å². The highest BCUT2D eigenvalue weighted by Crippen LogP contribution is 2.22. The van der Waals surface area contributed by atoms with E-state index in [0.717, 1.165) is 6.42 Å². The number of amides is 1. The number of halogens is 1. The van der Waals surface area contributed by atoms with E-state index in [0.29, 0.717) is 0 Å². The predicted octanol–water partition coefficient (Wildman–Crippen LogP) is 0.120. The fourth-order valence-electron chi connectivity index (χ4n) is 0.985. The molecule has 0 bridgehead atoms. The smallest absolute Gasteiger partial charge is 0.387 e. The molecule has 0 spiro atoms. The third-order valence-corrected chi connectivity index (χ3v) is 2.37. The van der Waals surface area contributed by atoms with Crippen molar-refractivity contribution < 1.29 is 9.53 Å². The van der Waals surface area contributed by atoms with Crippen LogP contribution in [0.1, 0.15) is 13.3 Å². The second-order valence-corrected chi connectivity index (χ2v) is 3.89. The zero-order valence-electron chi connectivity index (χ0n) is 9.81. The van der Waals surface area contributed by atoms with Gasteiger partial charge in [-0.1, -0.05) is 18.5 Å². The molecule has 0 aliphatic rings. The summed E-state index contributed by atoms with van der Waals surface area (Å²) >= 11 is 5.63. The monoisotopic (exact) mass is 274 g/mol. The van der Waals surface area contributed by atoms with E-state index >= 15 is 0 Å². The van der Waals surface area contributed by atoms with E-state index in [1.165, 1.54) is 0 Å². The van der Waals surface area contributed by atoms with Crippen molar-refractivity contribution in [2.45, 2.75) is 19.4 Å². The van der Waals surface area contributed by atoms with Gasteiger partial charge in [-0.15, -0.1) is 0 Å². The van der Waals surface area contributed by atoms with Crippen molar-refractivity contribution in [3.8, 4) is 5.88 Å². The molecule has 9 heteroatoms. The standard InChI is InChI=1S/C9H15ClN6O2/c1-2-4(11)3-14-9(17)18-8-7(13)16-6(12)5(10)15-8/h4H,2-3,11H2,1H3,(H,14,17)(H4,12,13,16)/t4-/m0/s1. The quantitative estimate of drug-likeness (QED) is 0.610. The van der Waals surface area contributed by atoms with Crippen LogP contribution in [0.3, 0.4) is 0 Å². The topological polar surface area (TPSA) is 142 Å². The van der Waals surface area contributed by atoms with Gasteiger partial charge in [0.2, 0.25) is 0 Å². The van der Waals surface area contributed by atoms with Crippen LogP contribution in [0.25, 0.3) is 0 Å². The minimum Gasteiger partial charge on any atom is -0.387 e. The van der Waals surface area contributed by atoms with E-state index in [-0.39, 0.29) is 35.3 Å². The average Bonchev–Trinajstić information content (AvgIpc) is 2.33. The molecular formula is C9H15ClN6O2. The first kappa shape index (κ1) is 14.3. The van der Waals surface area contributed by atoms with Crippen LogP contribution >= 0.6 is 11.6 Å². The van der Waals surface area contributed by atoms with Gasteiger partial charge >= 0.3 is 6.09 Å². The Hall–Kier alpha value is -1.80. The summed E-state index contributed by atoms with van der Waals surface area (Å²) in [5.74, 6) is -0.349. The van der Waals surface area contributed by atoms with Crippen molar-refractivity contribution in [3.05, 3.63) is 5.15 Å². The number of nitrogens with zero attached hydrogens (tertiary/aromatic N) is 2. The fourth-order valence-corrected chi connectivity index (χ4v) is 1.10. The molecular weight excluding hydrogens is 260 g/mol. The van der Waals surface area contributed by atoms with Crippen LogP contribution in [-0.4, -0.2) is 28.6 Å². The number of nitrogens with two attached hydrogens (primary N) is 3. The van der Waals surface area contributed by atoms with Crippen molar-refractivity contribution >= 4 is 29.3 Å². The van der Waals surface area contributed by atoms with E-state index < -0.39 is 6.09 Å². The highest BCUT2D eigenvalue weighted by Gasteiger charge is 2.13. The zero-order valence-corrected chi connectivity index (χ0v) is 10.6. The summed E-state index contributed by atoms with van der Waals surface area (Å²) < 4.78 is 4.83. The lowest BCUT2D eigenvalue weighted by Gasteiger charge is -2.11. The Bertz CT molecular complexity index is 441. The molecule has 0 unspecified atom stereocenters. The molecule has 1 amide bonds. The van der Waals surface area contributed by atoms with Gasteiger partial charge in [-0.2, -0.15) is 4.98 Å². The maximum Gasteiger partial charge on any atom is 0.414 e. The van der Waals surface area contributed by atoms with Gasteiger partial charge in [0.15, 0.2) is 16.8 Å². The summed E-state index contributed by atoms with van der Waals surface area (Å²) in [6, 6.07) is -0.143. The van der Waals surface area contributed by atoms with E-state index in [1.54, 1.807) is 0 Å². The van der Waals surface area contributed by atoms with Crippen LogP contribution in [0, 0.1) is 0 Å². The van der Waals surface area contributed by atoms with Gasteiger partial charge in [0, 0.05) is 12.6 Å². The second-order valence-electron chi connectivity index (χ2n) is 3.53. The van der Waals surface area contributed by atoms with Crippen molar-refractivity contribution in [1.29, 1.82) is 0 Å². The molecule has 0 aliphatic carbocycles. The lowest BCUT2D eigenvalue weighted by Crippen LogP contribution is -2.38. The summed E-state index contributed by atoms with van der Waals surface area (Å²) in [4.78, 5) is 18.8. The third kappa shape index (κ3) is 3.90. The Labute approximate surface area is 109 Å². The van der Waals surface area contributed by atoms with Crippen LogP contribution in [-0.2, 0) is 0 Å². The number of ether oxygens (including phenoxy) is 1. The third-order valence-electron chi connectivity index (χ3n) is 2.09. The van der Waals surface area contributed by atoms with Crippen molar-refractivity contribution in [1.82, 2.24) is 15.3 Å². The molecule has 8 nitrogen and oxygen atoms in total. The molecule has 0 saturated carbocycles. The van der Waals surface area contributed by atoms with Crippen LogP contribution in [0.15, 0.2) is 0 Å². The molecule has 100 valence electrons. The number of carbonyl (C=O) groups excluding carboxylic acids is 1. The first-order valence-electron chi connectivity index (χ1n) is 5.23. The van der Waals surface area contributed by atoms with Gasteiger partial charge in [0.05, 0.1) is 0 Å². The number of anilines is 2. The lowest BCUT2D eigenvalue weighted by atomic mass is 10.2. The first-order chi connectivity index (χ1) is 8.43. The number of carbonyl (C=O) groups is 1. The Morgan fingerprint density at radius 2 is 2.11 bits per heavy atom. The molecule has 0 saturated heterocycles. The molecule has 0 aliphatic heterocycles. The molecule has 1 aromatic heterocycles. The molecule has 18 heavy (non-hydrogen) atoms. The van der Waals surface area contributed by atoms with E-state index in [9.17, 15) is 4.79 Å². The lowest BCUT2D eigenvalue weighted by molar-refractivity contribution is 0.198. The summed E-state index contributed by atoms with van der Waals surface area (Å²) in [5, 5.41) is 2.37. The number of hydrogen-bond donors (Lipinski definition) is 4. The number of nitrogens with one attached hydrogen (secondary N) is 1. The normalized spacial score (nSPS) is 11.9. The molecule has 1 rings (SSSR count). The summed E-state index contributed by atoms with van der Waals surface area (Å²) in [5.41, 5.74) is 16.5. The van der Waals surface area contributed by atoms with Crippen LogP contribution < -0.4 is 27.3 Å². The number of hydrogen-bond acceptors (Lipinski definition) is 7. The molecule has 0 aromatic carbocycles. The first-order valence-corrected chi connectivity index (χ1v) is 5.61. The van der Waals surface area contributed by atoms with Gasteiger partial charge in [-0.05, 0) is 6.42 Å². The van der Waals surface area contributed by atoms with Crippen molar-refractivity contribution in [2.75, 3.05) is 18.0 Å². The highest BCUT2D eigenvalue weighted by atomic mass is 35.5. The Kier molecular flexibility index (Phi) is 4.93. The number of rotatable bonds is 4. The van der Waals surface area contributed by atoms with E-state index in [2.05, 4.69) is 15.3 Å². The minimum absolute atomic E-state index is 0.0325. The highest BCUT2D eigenvalue weighted by molar-refractivity contribution is 6.31. The molecule has 0 radical (unpaired) electrons. The SMILES string of the molecule is CC[C@H](N)CNC(=O)Oc1nc(Cl)c(N)nc1N. The number of aromatic nitrogens is 2. The van der Waals surface area contributed by atoms with E-state index in [4.69, 9.17) is 33.5 Å². The Balaban J connectivity index is 2.62. The predicted molar refractivity (Wildman–Crippen MR) is 68.2 cm³/mol. The Morgan fingerprint density at radius 1 is 1.44 bits per heavy atom. The van der Waals surface area contributed by atoms with Gasteiger partial charge in [0.1, 0.15) is 0 Å². The van der Waals surface area contributed by atoms with Crippen LogP contribution in [0.5, 0.6) is 5.88 Å². The fraction of sp³-hybridized carbons (Fsp3) is 0.444. The van der Waals surface area contributed by atoms with Crippen LogP contribution in [0.4, 0.5) is 16.4 Å². The molecule has 0 fully saturated rings. The van der Waals surface area contributed by atoms with E-state index in [1.807, 2.05) is 6.92 Å².